The van der Waals surface area contributed by atoms with Crippen LogP contribution in [0.1, 0.15) is 24.8 Å². The van der Waals surface area contributed by atoms with Crippen LogP contribution in [0.3, 0.4) is 0 Å². The Balaban J connectivity index is 1.42. The first-order chi connectivity index (χ1) is 16.5. The average Bonchev–Trinajstić information content (AvgIpc) is 3.47. The fraction of sp³-hybridized carbons (Fsp3) is 0.304. The third-order valence-electron chi connectivity index (χ3n) is 5.55. The molecule has 1 atom stereocenters. The molecular formula is C23H20ClF3N2O4S2. The lowest BCUT2D eigenvalue weighted by Gasteiger charge is -2.22. The van der Waals surface area contributed by atoms with Crippen molar-refractivity contribution < 1.29 is 31.1 Å². The van der Waals surface area contributed by atoms with Crippen molar-refractivity contribution in [3.8, 4) is 17.0 Å². The number of Topliss-reactive ketones (excluding diaryl/α,β-unsaturated/α-hetero) is 1. The van der Waals surface area contributed by atoms with Crippen LogP contribution in [0.15, 0.2) is 58.9 Å². The molecule has 6 nitrogen and oxygen atoms in total. The third-order valence-corrected chi connectivity index (χ3v) is 9.16. The summed E-state index contributed by atoms with van der Waals surface area (Å²) in [4.78, 5) is 17.2. The van der Waals surface area contributed by atoms with E-state index in [0.717, 1.165) is 16.9 Å². The van der Waals surface area contributed by atoms with E-state index in [-0.39, 0.29) is 28.7 Å². The number of aromatic nitrogens is 1. The summed E-state index contributed by atoms with van der Waals surface area (Å²) in [6.45, 7) is 0.279. The quantitative estimate of drug-likeness (QED) is 0.363. The minimum absolute atomic E-state index is 0.118. The van der Waals surface area contributed by atoms with Crippen molar-refractivity contribution in [1.82, 2.24) is 9.29 Å². The Morgan fingerprint density at radius 3 is 2.57 bits per heavy atom. The number of halogens is 4. The maximum absolute atomic E-state index is 13.0. The summed E-state index contributed by atoms with van der Waals surface area (Å²) < 4.78 is 68.7. The first kappa shape index (κ1) is 25.6. The molecule has 0 N–H and O–H groups in total. The lowest BCUT2D eigenvalue weighted by atomic mass is 10.0. The van der Waals surface area contributed by atoms with E-state index in [1.165, 1.54) is 40.7 Å². The van der Waals surface area contributed by atoms with Gasteiger partial charge in [0, 0.05) is 24.7 Å². The van der Waals surface area contributed by atoms with Crippen molar-refractivity contribution in [2.75, 3.05) is 6.54 Å². The van der Waals surface area contributed by atoms with Crippen LogP contribution >= 0.6 is 22.9 Å². The van der Waals surface area contributed by atoms with E-state index in [2.05, 4.69) is 9.72 Å². The number of hydrogen-bond acceptors (Lipinski definition) is 6. The van der Waals surface area contributed by atoms with Gasteiger partial charge in [0.15, 0.2) is 5.78 Å². The Hall–Kier alpha value is -2.47. The molecule has 1 saturated heterocycles. The molecule has 0 radical (unpaired) electrons. The van der Waals surface area contributed by atoms with Gasteiger partial charge in [0.25, 0.3) is 10.0 Å². The number of hydrogen-bond donors (Lipinski definition) is 0. The highest BCUT2D eigenvalue weighted by Crippen LogP contribution is 2.33. The van der Waals surface area contributed by atoms with Gasteiger partial charge >= 0.3 is 6.36 Å². The minimum atomic E-state index is -4.77. The van der Waals surface area contributed by atoms with Gasteiger partial charge in [0.05, 0.1) is 16.1 Å². The summed E-state index contributed by atoms with van der Waals surface area (Å²) in [5.41, 5.74) is 1.93. The lowest BCUT2D eigenvalue weighted by molar-refractivity contribution is -0.274. The molecule has 12 heteroatoms. The molecule has 1 aliphatic rings. The van der Waals surface area contributed by atoms with Crippen molar-refractivity contribution in [3.63, 3.8) is 0 Å². The Labute approximate surface area is 209 Å². The zero-order valence-corrected chi connectivity index (χ0v) is 20.6. The van der Waals surface area contributed by atoms with Gasteiger partial charge in [-0.15, -0.1) is 24.5 Å². The van der Waals surface area contributed by atoms with Gasteiger partial charge in [-0.2, -0.15) is 4.31 Å². The number of rotatable bonds is 8. The molecule has 0 aliphatic carbocycles. The molecule has 0 bridgehead atoms. The number of ketones is 1. The summed E-state index contributed by atoms with van der Waals surface area (Å²) in [6.07, 6.45) is -1.63. The van der Waals surface area contributed by atoms with E-state index in [1.807, 2.05) is 0 Å². The zero-order chi connectivity index (χ0) is 25.2. The molecule has 0 amide bonds. The van der Waals surface area contributed by atoms with E-state index in [9.17, 15) is 26.4 Å². The topological polar surface area (TPSA) is 76.6 Å². The van der Waals surface area contributed by atoms with Gasteiger partial charge in [0.1, 0.15) is 9.96 Å². The van der Waals surface area contributed by atoms with Crippen LogP contribution in [0.4, 0.5) is 13.2 Å². The van der Waals surface area contributed by atoms with Crippen molar-refractivity contribution in [3.05, 3.63) is 64.6 Å². The van der Waals surface area contributed by atoms with Crippen LogP contribution in [0.5, 0.6) is 5.75 Å². The number of alkyl halides is 3. The second-order valence-corrected chi connectivity index (χ2v) is 11.8. The van der Waals surface area contributed by atoms with E-state index < -0.39 is 22.4 Å². The summed E-state index contributed by atoms with van der Waals surface area (Å²) in [7, 11) is -3.80. The van der Waals surface area contributed by atoms with Crippen LogP contribution in [0.25, 0.3) is 11.3 Å². The number of carbonyl (C=O) groups excluding carboxylic acids is 1. The van der Waals surface area contributed by atoms with Crippen LogP contribution in [-0.4, -0.2) is 42.4 Å². The predicted molar refractivity (Wildman–Crippen MR) is 126 cm³/mol. The molecule has 3 aromatic rings. The van der Waals surface area contributed by atoms with E-state index >= 15 is 0 Å². The molecule has 1 aromatic carbocycles. The maximum atomic E-state index is 13.0. The SMILES string of the molecule is O=C(CCc1ccnc(-c2ccc(OC(F)(F)F)cc2)c1)[C@@H]1CCCN1S(=O)(=O)c1ccc(Cl)s1. The molecule has 35 heavy (non-hydrogen) atoms. The molecule has 0 saturated carbocycles. The van der Waals surface area contributed by atoms with E-state index in [4.69, 9.17) is 11.6 Å². The summed E-state index contributed by atoms with van der Waals surface area (Å²) in [5.74, 6) is -0.496. The van der Waals surface area contributed by atoms with Crippen LogP contribution in [-0.2, 0) is 21.2 Å². The van der Waals surface area contributed by atoms with Crippen LogP contribution < -0.4 is 4.74 Å². The number of pyridine rings is 1. The number of ether oxygens (including phenoxy) is 1. The third kappa shape index (κ3) is 6.21. The number of benzene rings is 1. The van der Waals surface area contributed by atoms with Crippen molar-refractivity contribution in [2.45, 2.75) is 42.3 Å². The van der Waals surface area contributed by atoms with Gasteiger partial charge in [-0.3, -0.25) is 9.78 Å². The Bertz CT molecular complexity index is 1310. The molecule has 4 rings (SSSR count). The molecule has 1 fully saturated rings. The van der Waals surface area contributed by atoms with Crippen LogP contribution in [0.2, 0.25) is 4.34 Å². The lowest BCUT2D eigenvalue weighted by Crippen LogP contribution is -2.40. The summed E-state index contributed by atoms with van der Waals surface area (Å²) in [6, 6.07) is 11.1. The molecule has 186 valence electrons. The number of nitrogens with zero attached hydrogens (tertiary/aromatic N) is 2. The first-order valence-corrected chi connectivity index (χ1v) is 13.3. The number of thiophene rings is 1. The van der Waals surface area contributed by atoms with Gasteiger partial charge in [0.2, 0.25) is 0 Å². The Morgan fingerprint density at radius 1 is 1.17 bits per heavy atom. The van der Waals surface area contributed by atoms with Crippen molar-refractivity contribution >= 4 is 38.7 Å². The second kappa shape index (κ2) is 10.3. The molecule has 2 aromatic heterocycles. The number of carbonyl (C=O) groups is 1. The van der Waals surface area contributed by atoms with Gasteiger partial charge in [-0.05, 0) is 73.4 Å². The highest BCUT2D eigenvalue weighted by molar-refractivity contribution is 7.91. The maximum Gasteiger partial charge on any atom is 0.573 e. The summed E-state index contributed by atoms with van der Waals surface area (Å²) >= 11 is 6.85. The minimum Gasteiger partial charge on any atom is -0.406 e. The molecular weight excluding hydrogens is 525 g/mol. The van der Waals surface area contributed by atoms with Crippen molar-refractivity contribution in [2.24, 2.45) is 0 Å². The monoisotopic (exact) mass is 544 g/mol. The molecule has 1 aliphatic heterocycles. The largest absolute Gasteiger partial charge is 0.573 e. The number of sulfonamides is 1. The molecule has 3 heterocycles. The standard InChI is InChI=1S/C23H20ClF3N2O4S2/c24-21-9-10-22(34-21)35(31,32)29-13-1-2-19(29)20(30)8-3-15-11-12-28-18(14-15)16-4-6-17(7-5-16)33-23(25,26)27/h4-7,9-12,14,19H,1-3,8,13H2/t19-/m0/s1. The summed E-state index contributed by atoms with van der Waals surface area (Å²) in [5, 5.41) is 0. The van der Waals surface area contributed by atoms with Crippen LogP contribution in [0, 0.1) is 0 Å². The highest BCUT2D eigenvalue weighted by Gasteiger charge is 2.39. The second-order valence-electron chi connectivity index (χ2n) is 7.92. The Morgan fingerprint density at radius 2 is 1.91 bits per heavy atom. The Kier molecular flexibility index (Phi) is 7.51. The van der Waals surface area contributed by atoms with Gasteiger partial charge in [-0.1, -0.05) is 11.6 Å². The predicted octanol–water partition coefficient (Wildman–Crippen LogP) is 5.72. The highest BCUT2D eigenvalue weighted by atomic mass is 35.5. The normalized spacial score (nSPS) is 17.0. The van der Waals surface area contributed by atoms with Gasteiger partial charge in [-0.25, -0.2) is 8.42 Å². The first-order valence-electron chi connectivity index (χ1n) is 10.6. The molecule has 0 spiro atoms. The molecule has 0 unspecified atom stereocenters. The zero-order valence-electron chi connectivity index (χ0n) is 18.2. The fourth-order valence-electron chi connectivity index (χ4n) is 3.95. The van der Waals surface area contributed by atoms with E-state index in [1.54, 1.807) is 18.3 Å². The van der Waals surface area contributed by atoms with Gasteiger partial charge < -0.3 is 4.74 Å². The fourth-order valence-corrected chi connectivity index (χ4v) is 7.24. The smallest absolute Gasteiger partial charge is 0.406 e. The average molecular weight is 545 g/mol. The van der Waals surface area contributed by atoms with E-state index in [0.29, 0.717) is 34.9 Å². The van der Waals surface area contributed by atoms with Crippen molar-refractivity contribution in [1.29, 1.82) is 0 Å². The number of aryl methyl sites for hydroxylation is 1.